The highest BCUT2D eigenvalue weighted by Crippen LogP contribution is 2.35. The van der Waals surface area contributed by atoms with Gasteiger partial charge in [-0.1, -0.05) is 12.1 Å². The number of rotatable bonds is 6. The molecule has 0 atom stereocenters. The Morgan fingerprint density at radius 3 is 2.58 bits per heavy atom. The van der Waals surface area contributed by atoms with Gasteiger partial charge in [-0.25, -0.2) is 0 Å². The number of nitrogens with two attached hydrogens (primary N) is 1. The van der Waals surface area contributed by atoms with E-state index in [0.717, 1.165) is 6.07 Å². The van der Waals surface area contributed by atoms with E-state index in [4.69, 9.17) is 15.2 Å². The summed E-state index contributed by atoms with van der Waals surface area (Å²) in [6, 6.07) is 4.98. The smallest absolute Gasteiger partial charge is 0.419 e. The Labute approximate surface area is 138 Å². The van der Waals surface area contributed by atoms with Crippen LogP contribution in [0.25, 0.3) is 0 Å². The summed E-state index contributed by atoms with van der Waals surface area (Å²) in [6.45, 7) is 1.20. The van der Waals surface area contributed by atoms with E-state index >= 15 is 0 Å². The van der Waals surface area contributed by atoms with Crippen molar-refractivity contribution < 1.29 is 27.4 Å². The zero-order chi connectivity index (χ0) is 17.6. The van der Waals surface area contributed by atoms with Crippen LogP contribution in [0.15, 0.2) is 24.3 Å². The van der Waals surface area contributed by atoms with Crippen LogP contribution >= 0.6 is 0 Å². The van der Waals surface area contributed by atoms with Crippen molar-refractivity contribution in [3.05, 3.63) is 29.8 Å². The highest BCUT2D eigenvalue weighted by Gasteiger charge is 2.38. The molecule has 1 fully saturated rings. The van der Waals surface area contributed by atoms with Gasteiger partial charge in [0, 0.05) is 19.8 Å². The van der Waals surface area contributed by atoms with Crippen molar-refractivity contribution >= 4 is 5.91 Å². The average molecular weight is 346 g/mol. The van der Waals surface area contributed by atoms with Crippen molar-refractivity contribution in [1.82, 2.24) is 5.32 Å². The van der Waals surface area contributed by atoms with Gasteiger partial charge < -0.3 is 20.5 Å². The van der Waals surface area contributed by atoms with Crippen molar-refractivity contribution in [3.8, 4) is 5.75 Å². The lowest BCUT2D eigenvalue weighted by atomic mass is 9.79. The summed E-state index contributed by atoms with van der Waals surface area (Å²) < 4.78 is 49.0. The molecule has 24 heavy (non-hydrogen) atoms. The molecule has 8 heteroatoms. The Bertz CT molecular complexity index is 558. The number of ether oxygens (including phenoxy) is 2. The van der Waals surface area contributed by atoms with E-state index in [2.05, 4.69) is 5.32 Å². The van der Waals surface area contributed by atoms with E-state index in [9.17, 15) is 18.0 Å². The second-order valence-electron chi connectivity index (χ2n) is 5.70. The molecule has 2 rings (SSSR count). The molecule has 1 aromatic rings. The molecule has 0 bridgehead atoms. The third-order valence-electron chi connectivity index (χ3n) is 4.16. The molecular weight excluding hydrogens is 325 g/mol. The number of hydrogen-bond donors (Lipinski definition) is 2. The molecule has 1 saturated heterocycles. The fourth-order valence-corrected chi connectivity index (χ4v) is 2.63. The van der Waals surface area contributed by atoms with Crippen LogP contribution in [0.2, 0.25) is 0 Å². The Morgan fingerprint density at radius 2 is 1.96 bits per heavy atom. The largest absolute Gasteiger partial charge is 0.491 e. The third kappa shape index (κ3) is 4.39. The SMILES string of the molecule is NCC1(C(=O)NCCOc2ccccc2C(F)(F)F)CCOCC1. The molecule has 1 aliphatic rings. The first kappa shape index (κ1) is 18.5. The van der Waals surface area contributed by atoms with Gasteiger partial charge in [0.1, 0.15) is 12.4 Å². The fraction of sp³-hybridized carbons (Fsp3) is 0.562. The summed E-state index contributed by atoms with van der Waals surface area (Å²) in [6.07, 6.45) is -3.41. The number of nitrogens with one attached hydrogen (secondary N) is 1. The predicted octanol–water partition coefficient (Wildman–Crippen LogP) is 1.96. The van der Waals surface area contributed by atoms with Crippen molar-refractivity contribution in [2.45, 2.75) is 19.0 Å². The normalized spacial score (nSPS) is 17.3. The number of alkyl halides is 3. The van der Waals surface area contributed by atoms with Gasteiger partial charge in [0.15, 0.2) is 0 Å². The van der Waals surface area contributed by atoms with Gasteiger partial charge in [-0.2, -0.15) is 13.2 Å². The van der Waals surface area contributed by atoms with E-state index in [1.54, 1.807) is 0 Å². The first-order valence-electron chi connectivity index (χ1n) is 7.74. The first-order valence-corrected chi connectivity index (χ1v) is 7.74. The van der Waals surface area contributed by atoms with E-state index < -0.39 is 17.2 Å². The summed E-state index contributed by atoms with van der Waals surface area (Å²) in [4.78, 5) is 12.3. The topological polar surface area (TPSA) is 73.6 Å². The molecule has 1 heterocycles. The van der Waals surface area contributed by atoms with E-state index in [-0.39, 0.29) is 31.4 Å². The maximum Gasteiger partial charge on any atom is 0.419 e. The molecule has 0 aliphatic carbocycles. The van der Waals surface area contributed by atoms with Crippen LogP contribution in [0.1, 0.15) is 18.4 Å². The number of benzene rings is 1. The highest BCUT2D eigenvalue weighted by molar-refractivity contribution is 5.83. The van der Waals surface area contributed by atoms with E-state index in [1.165, 1.54) is 18.2 Å². The van der Waals surface area contributed by atoms with Gasteiger partial charge in [-0.3, -0.25) is 4.79 Å². The zero-order valence-corrected chi connectivity index (χ0v) is 13.2. The third-order valence-corrected chi connectivity index (χ3v) is 4.16. The van der Waals surface area contributed by atoms with Crippen molar-refractivity contribution in [3.63, 3.8) is 0 Å². The van der Waals surface area contributed by atoms with Gasteiger partial charge in [0.25, 0.3) is 0 Å². The molecular formula is C16H21F3N2O3. The van der Waals surface area contributed by atoms with Gasteiger partial charge in [0.2, 0.25) is 5.91 Å². The highest BCUT2D eigenvalue weighted by atomic mass is 19.4. The predicted molar refractivity (Wildman–Crippen MR) is 81.5 cm³/mol. The summed E-state index contributed by atoms with van der Waals surface area (Å²) in [7, 11) is 0. The van der Waals surface area contributed by atoms with Crippen molar-refractivity contribution in [1.29, 1.82) is 0 Å². The quantitative estimate of drug-likeness (QED) is 0.773. The Kier molecular flexibility index (Phi) is 6.06. The molecule has 0 aromatic heterocycles. The van der Waals surface area contributed by atoms with Gasteiger partial charge >= 0.3 is 6.18 Å². The maximum atomic E-state index is 12.8. The standard InChI is InChI=1S/C16H21F3N2O3/c17-16(18,19)12-3-1-2-4-13(12)24-10-7-21-14(22)15(11-20)5-8-23-9-6-15/h1-4H,5-11,20H2,(H,21,22). The Morgan fingerprint density at radius 1 is 1.29 bits per heavy atom. The second-order valence-corrected chi connectivity index (χ2v) is 5.70. The summed E-state index contributed by atoms with van der Waals surface area (Å²) in [5, 5.41) is 2.69. The van der Waals surface area contributed by atoms with Gasteiger partial charge in [-0.15, -0.1) is 0 Å². The molecule has 3 N–H and O–H groups in total. The van der Waals surface area contributed by atoms with Crippen LogP contribution in [-0.2, 0) is 15.7 Å². The van der Waals surface area contributed by atoms with Crippen molar-refractivity contribution in [2.75, 3.05) is 32.9 Å². The Hall–Kier alpha value is -1.80. The lowest BCUT2D eigenvalue weighted by Crippen LogP contribution is -2.49. The molecule has 0 spiro atoms. The minimum Gasteiger partial charge on any atom is -0.491 e. The fourth-order valence-electron chi connectivity index (χ4n) is 2.63. The van der Waals surface area contributed by atoms with Crippen LogP contribution in [0.4, 0.5) is 13.2 Å². The Balaban J connectivity index is 1.86. The average Bonchev–Trinajstić information content (AvgIpc) is 2.58. The summed E-state index contributed by atoms with van der Waals surface area (Å²) in [5.74, 6) is -0.458. The van der Waals surface area contributed by atoms with Gasteiger partial charge in [-0.05, 0) is 25.0 Å². The first-order chi connectivity index (χ1) is 11.4. The molecule has 0 unspecified atom stereocenters. The van der Waals surface area contributed by atoms with Crippen LogP contribution < -0.4 is 15.8 Å². The maximum absolute atomic E-state index is 12.8. The van der Waals surface area contributed by atoms with E-state index in [1.807, 2.05) is 0 Å². The van der Waals surface area contributed by atoms with Crippen molar-refractivity contribution in [2.24, 2.45) is 11.1 Å². The zero-order valence-electron chi connectivity index (χ0n) is 13.2. The van der Waals surface area contributed by atoms with Crippen LogP contribution in [-0.4, -0.2) is 38.8 Å². The molecule has 0 saturated carbocycles. The number of carbonyl (C=O) groups excluding carboxylic acids is 1. The lowest BCUT2D eigenvalue weighted by molar-refractivity contribution is -0.139. The molecule has 0 radical (unpaired) electrons. The monoisotopic (exact) mass is 346 g/mol. The van der Waals surface area contributed by atoms with Crippen LogP contribution in [0, 0.1) is 5.41 Å². The molecule has 1 amide bonds. The summed E-state index contributed by atoms with van der Waals surface area (Å²) >= 11 is 0. The summed E-state index contributed by atoms with van der Waals surface area (Å²) in [5.41, 5.74) is 4.23. The molecule has 1 aliphatic heterocycles. The van der Waals surface area contributed by atoms with Gasteiger partial charge in [0.05, 0.1) is 17.5 Å². The second kappa shape index (κ2) is 7.85. The minimum atomic E-state index is -4.48. The number of hydrogen-bond acceptors (Lipinski definition) is 4. The number of para-hydroxylation sites is 1. The molecule has 134 valence electrons. The number of amides is 1. The lowest BCUT2D eigenvalue weighted by Gasteiger charge is -2.34. The molecule has 1 aromatic carbocycles. The number of carbonyl (C=O) groups is 1. The van der Waals surface area contributed by atoms with E-state index in [0.29, 0.717) is 26.1 Å². The van der Waals surface area contributed by atoms with Crippen LogP contribution in [0.5, 0.6) is 5.75 Å². The van der Waals surface area contributed by atoms with Crippen LogP contribution in [0.3, 0.4) is 0 Å². The molecule has 5 nitrogen and oxygen atoms in total. The number of halogens is 3. The minimum absolute atomic E-state index is 0.0595.